The number of amides is 1. The van der Waals surface area contributed by atoms with E-state index < -0.39 is 0 Å². The molecule has 0 unspecified atom stereocenters. The third-order valence-electron chi connectivity index (χ3n) is 3.86. The lowest BCUT2D eigenvalue weighted by atomic mass is 10.1. The Bertz CT molecular complexity index is 985. The number of pyridine rings is 1. The highest BCUT2D eigenvalue weighted by Gasteiger charge is 2.10. The van der Waals surface area contributed by atoms with Crippen molar-refractivity contribution in [2.24, 2.45) is 0 Å². The van der Waals surface area contributed by atoms with Gasteiger partial charge in [-0.25, -0.2) is 4.98 Å². The second-order valence-electron chi connectivity index (χ2n) is 5.37. The van der Waals surface area contributed by atoms with Crippen LogP contribution in [0.25, 0.3) is 16.6 Å². The number of rotatable bonds is 4. The summed E-state index contributed by atoms with van der Waals surface area (Å²) in [7, 11) is 0. The van der Waals surface area contributed by atoms with Gasteiger partial charge in [-0.3, -0.25) is 14.3 Å². The zero-order valence-electron chi connectivity index (χ0n) is 12.4. The Balaban J connectivity index is 1.43. The van der Waals surface area contributed by atoms with Gasteiger partial charge in [0.25, 0.3) is 5.91 Å². The van der Waals surface area contributed by atoms with Gasteiger partial charge in [-0.1, -0.05) is 18.2 Å². The molecule has 6 nitrogen and oxygen atoms in total. The fourth-order valence-electron chi connectivity index (χ4n) is 2.65. The largest absolute Gasteiger partial charge is 0.350 e. The fourth-order valence-corrected chi connectivity index (χ4v) is 2.65. The van der Waals surface area contributed by atoms with E-state index in [0.717, 1.165) is 28.5 Å². The third kappa shape index (κ3) is 2.55. The number of fused-ring (bicyclic) bond motifs is 2. The molecule has 0 bridgehead atoms. The Morgan fingerprint density at radius 3 is 3.13 bits per heavy atom. The van der Waals surface area contributed by atoms with Gasteiger partial charge < -0.3 is 5.32 Å². The van der Waals surface area contributed by atoms with Crippen LogP contribution in [0.1, 0.15) is 16.1 Å². The topological polar surface area (TPSA) is 75.1 Å². The summed E-state index contributed by atoms with van der Waals surface area (Å²) in [5, 5.41) is 11.0. The summed E-state index contributed by atoms with van der Waals surface area (Å²) in [5.74, 6) is -0.119. The van der Waals surface area contributed by atoms with Gasteiger partial charge in [0.05, 0.1) is 17.9 Å². The van der Waals surface area contributed by atoms with E-state index in [-0.39, 0.29) is 5.91 Å². The van der Waals surface area contributed by atoms with E-state index in [2.05, 4.69) is 32.6 Å². The smallest absolute Gasteiger partial charge is 0.269 e. The molecule has 1 amide bonds. The molecule has 114 valence electrons. The Morgan fingerprint density at radius 1 is 1.22 bits per heavy atom. The molecule has 0 aliphatic heterocycles. The van der Waals surface area contributed by atoms with E-state index in [1.807, 2.05) is 30.5 Å². The van der Waals surface area contributed by atoms with E-state index in [1.54, 1.807) is 16.8 Å². The van der Waals surface area contributed by atoms with Gasteiger partial charge in [0.1, 0.15) is 11.3 Å². The third-order valence-corrected chi connectivity index (χ3v) is 3.86. The van der Waals surface area contributed by atoms with Gasteiger partial charge in [-0.2, -0.15) is 5.10 Å². The molecule has 2 N–H and O–H groups in total. The number of aromatic nitrogens is 4. The van der Waals surface area contributed by atoms with Crippen molar-refractivity contribution in [3.05, 3.63) is 66.2 Å². The van der Waals surface area contributed by atoms with Crippen molar-refractivity contribution in [3.8, 4) is 0 Å². The van der Waals surface area contributed by atoms with Crippen LogP contribution in [0.2, 0.25) is 0 Å². The van der Waals surface area contributed by atoms with Crippen molar-refractivity contribution < 1.29 is 4.79 Å². The fraction of sp³-hybridized carbons (Fsp3) is 0.118. The monoisotopic (exact) mass is 305 g/mol. The van der Waals surface area contributed by atoms with E-state index in [9.17, 15) is 4.79 Å². The summed E-state index contributed by atoms with van der Waals surface area (Å²) in [5.41, 5.74) is 3.47. The predicted octanol–water partition coefficient (Wildman–Crippen LogP) is 2.18. The van der Waals surface area contributed by atoms with Crippen LogP contribution in [-0.2, 0) is 6.42 Å². The molecule has 6 heteroatoms. The van der Waals surface area contributed by atoms with Crippen LogP contribution in [-0.4, -0.2) is 32.0 Å². The number of carbonyl (C=O) groups is 1. The van der Waals surface area contributed by atoms with Crippen molar-refractivity contribution >= 4 is 22.5 Å². The molecule has 0 radical (unpaired) electrons. The predicted molar refractivity (Wildman–Crippen MR) is 87.3 cm³/mol. The van der Waals surface area contributed by atoms with Crippen molar-refractivity contribution in [1.29, 1.82) is 0 Å². The molecule has 4 aromatic rings. The average molecular weight is 305 g/mol. The lowest BCUT2D eigenvalue weighted by Gasteiger charge is -2.05. The van der Waals surface area contributed by atoms with Crippen LogP contribution < -0.4 is 5.32 Å². The van der Waals surface area contributed by atoms with Crippen molar-refractivity contribution in [1.82, 2.24) is 24.9 Å². The molecule has 0 aliphatic rings. The molecule has 0 fully saturated rings. The summed E-state index contributed by atoms with van der Waals surface area (Å²) >= 11 is 0. The first-order chi connectivity index (χ1) is 11.3. The van der Waals surface area contributed by atoms with Gasteiger partial charge >= 0.3 is 0 Å². The zero-order valence-corrected chi connectivity index (χ0v) is 12.4. The van der Waals surface area contributed by atoms with E-state index in [0.29, 0.717) is 12.2 Å². The molecule has 0 saturated heterocycles. The first-order valence-corrected chi connectivity index (χ1v) is 7.43. The summed E-state index contributed by atoms with van der Waals surface area (Å²) in [6, 6.07) is 11.8. The van der Waals surface area contributed by atoms with Crippen LogP contribution >= 0.6 is 0 Å². The SMILES string of the molecule is O=C(NCCc1ccc2cn[nH]c2c1)c1cnc2ccccn12. The second kappa shape index (κ2) is 5.57. The Morgan fingerprint density at radius 2 is 2.17 bits per heavy atom. The maximum atomic E-state index is 12.3. The number of nitrogens with one attached hydrogen (secondary N) is 2. The van der Waals surface area contributed by atoms with Crippen LogP contribution in [0.15, 0.2) is 55.0 Å². The highest BCUT2D eigenvalue weighted by molar-refractivity contribution is 5.93. The Hall–Kier alpha value is -3.15. The number of carbonyl (C=O) groups excluding carboxylic acids is 1. The van der Waals surface area contributed by atoms with Crippen molar-refractivity contribution in [3.63, 3.8) is 0 Å². The first-order valence-electron chi connectivity index (χ1n) is 7.43. The minimum Gasteiger partial charge on any atom is -0.350 e. The molecule has 3 heterocycles. The highest BCUT2D eigenvalue weighted by atomic mass is 16.1. The van der Waals surface area contributed by atoms with Crippen molar-refractivity contribution in [2.75, 3.05) is 6.54 Å². The minimum absolute atomic E-state index is 0.119. The summed E-state index contributed by atoms with van der Waals surface area (Å²) in [6.45, 7) is 0.568. The maximum Gasteiger partial charge on any atom is 0.269 e. The lowest BCUT2D eigenvalue weighted by molar-refractivity contribution is 0.0948. The number of benzene rings is 1. The molecule has 4 rings (SSSR count). The molecular weight excluding hydrogens is 290 g/mol. The molecule has 0 saturated carbocycles. The van der Waals surface area contributed by atoms with Gasteiger partial charge in [0, 0.05) is 18.1 Å². The van der Waals surface area contributed by atoms with Crippen LogP contribution in [0.3, 0.4) is 0 Å². The lowest BCUT2D eigenvalue weighted by Crippen LogP contribution is -2.26. The molecule has 0 aliphatic carbocycles. The highest BCUT2D eigenvalue weighted by Crippen LogP contribution is 2.13. The molecular formula is C17H15N5O. The number of H-pyrrole nitrogens is 1. The quantitative estimate of drug-likeness (QED) is 0.607. The van der Waals surface area contributed by atoms with Crippen molar-refractivity contribution in [2.45, 2.75) is 6.42 Å². The number of nitrogens with zero attached hydrogens (tertiary/aromatic N) is 3. The minimum atomic E-state index is -0.119. The Labute approximate surface area is 132 Å². The van der Waals surface area contributed by atoms with Gasteiger partial charge in [-0.15, -0.1) is 0 Å². The second-order valence-corrected chi connectivity index (χ2v) is 5.37. The van der Waals surface area contributed by atoms with Crippen LogP contribution in [0.5, 0.6) is 0 Å². The zero-order chi connectivity index (χ0) is 15.6. The van der Waals surface area contributed by atoms with E-state index >= 15 is 0 Å². The standard InChI is InChI=1S/C17H15N5O/c23-17(15-11-19-16-3-1-2-8-22(15)16)18-7-6-12-4-5-13-10-20-21-14(13)9-12/h1-5,8-11H,6-7H2,(H,18,23)(H,20,21). The first kappa shape index (κ1) is 13.5. The number of hydrogen-bond donors (Lipinski definition) is 2. The Kier molecular flexibility index (Phi) is 3.27. The van der Waals surface area contributed by atoms with Crippen LogP contribution in [0.4, 0.5) is 0 Å². The molecule has 1 aromatic carbocycles. The molecule has 0 atom stereocenters. The molecule has 23 heavy (non-hydrogen) atoms. The summed E-state index contributed by atoms with van der Waals surface area (Å²) < 4.78 is 1.78. The number of hydrogen-bond acceptors (Lipinski definition) is 3. The van der Waals surface area contributed by atoms with Gasteiger partial charge in [0.15, 0.2) is 0 Å². The average Bonchev–Trinajstić information content (AvgIpc) is 3.21. The molecule has 0 spiro atoms. The molecule has 3 aromatic heterocycles. The summed E-state index contributed by atoms with van der Waals surface area (Å²) in [4.78, 5) is 16.5. The maximum absolute atomic E-state index is 12.3. The van der Waals surface area contributed by atoms with Crippen LogP contribution in [0, 0.1) is 0 Å². The normalized spacial score (nSPS) is 11.1. The van der Waals surface area contributed by atoms with Gasteiger partial charge in [-0.05, 0) is 30.2 Å². The number of aromatic amines is 1. The van der Waals surface area contributed by atoms with E-state index in [1.165, 1.54) is 0 Å². The summed E-state index contributed by atoms with van der Waals surface area (Å²) in [6.07, 6.45) is 5.99. The van der Waals surface area contributed by atoms with E-state index in [4.69, 9.17) is 0 Å². The van der Waals surface area contributed by atoms with Gasteiger partial charge in [0.2, 0.25) is 0 Å². The number of imidazole rings is 1.